The lowest BCUT2D eigenvalue weighted by Crippen LogP contribution is -2.40. The van der Waals surface area contributed by atoms with Crippen LogP contribution in [0.15, 0.2) is 30.9 Å². The van der Waals surface area contributed by atoms with E-state index in [0.29, 0.717) is 11.7 Å². The predicted molar refractivity (Wildman–Crippen MR) is 81.1 cm³/mol. The lowest BCUT2D eigenvalue weighted by molar-refractivity contribution is 0.312. The van der Waals surface area contributed by atoms with Crippen LogP contribution in [0.3, 0.4) is 0 Å². The van der Waals surface area contributed by atoms with Crippen molar-refractivity contribution in [3.05, 3.63) is 42.2 Å². The van der Waals surface area contributed by atoms with Gasteiger partial charge in [-0.05, 0) is 43.0 Å². The van der Waals surface area contributed by atoms with Gasteiger partial charge in [-0.3, -0.25) is 4.90 Å². The van der Waals surface area contributed by atoms with Crippen molar-refractivity contribution in [3.63, 3.8) is 0 Å². The second kappa shape index (κ2) is 5.78. The average Bonchev–Trinajstić information content (AvgIpc) is 3.15. The molecule has 2 saturated heterocycles. The van der Waals surface area contributed by atoms with Gasteiger partial charge < -0.3 is 5.32 Å². The van der Waals surface area contributed by atoms with Gasteiger partial charge in [0.2, 0.25) is 0 Å². The lowest BCUT2D eigenvalue weighted by Gasteiger charge is -2.24. The molecule has 0 saturated carbocycles. The summed E-state index contributed by atoms with van der Waals surface area (Å²) in [5, 5.41) is 7.58. The molecule has 0 spiro atoms. The Morgan fingerprint density at radius 3 is 3.05 bits per heavy atom. The van der Waals surface area contributed by atoms with Gasteiger partial charge in [0, 0.05) is 25.7 Å². The van der Waals surface area contributed by atoms with Gasteiger partial charge in [-0.25, -0.2) is 14.1 Å². The molecule has 0 unspecified atom stereocenters. The molecule has 2 atom stereocenters. The van der Waals surface area contributed by atoms with Gasteiger partial charge in [-0.2, -0.15) is 5.10 Å². The molecule has 0 radical (unpaired) electrons. The Balaban J connectivity index is 1.46. The monoisotopic (exact) mass is 301 g/mol. The molecule has 2 aliphatic heterocycles. The highest BCUT2D eigenvalue weighted by molar-refractivity contribution is 5.35. The summed E-state index contributed by atoms with van der Waals surface area (Å²) in [6, 6.07) is 6.00. The molecule has 0 bridgehead atoms. The van der Waals surface area contributed by atoms with Gasteiger partial charge in [0.1, 0.15) is 24.2 Å². The third-order valence-corrected chi connectivity index (χ3v) is 4.76. The van der Waals surface area contributed by atoms with Crippen molar-refractivity contribution >= 4 is 0 Å². The molecule has 2 fully saturated rings. The smallest absolute Gasteiger partial charge is 0.149 e. The Hall–Kier alpha value is -1.79. The zero-order chi connectivity index (χ0) is 14.9. The number of piperidine rings is 1. The molecule has 1 aromatic carbocycles. The van der Waals surface area contributed by atoms with E-state index in [9.17, 15) is 4.39 Å². The zero-order valence-electron chi connectivity index (χ0n) is 12.5. The van der Waals surface area contributed by atoms with Gasteiger partial charge in [0.15, 0.2) is 0 Å². The topological polar surface area (TPSA) is 46.0 Å². The fourth-order valence-corrected chi connectivity index (χ4v) is 3.69. The van der Waals surface area contributed by atoms with Crippen LogP contribution in [0.5, 0.6) is 0 Å². The highest BCUT2D eigenvalue weighted by Crippen LogP contribution is 2.26. The number of aromatic nitrogens is 3. The van der Waals surface area contributed by atoms with Gasteiger partial charge >= 0.3 is 0 Å². The van der Waals surface area contributed by atoms with E-state index in [1.54, 1.807) is 12.1 Å². The highest BCUT2D eigenvalue weighted by atomic mass is 19.1. The average molecular weight is 301 g/mol. The van der Waals surface area contributed by atoms with E-state index >= 15 is 0 Å². The van der Waals surface area contributed by atoms with Gasteiger partial charge in [0.05, 0.1) is 0 Å². The van der Waals surface area contributed by atoms with E-state index in [4.69, 9.17) is 0 Å². The van der Waals surface area contributed by atoms with Crippen LogP contribution in [0.1, 0.15) is 18.4 Å². The van der Waals surface area contributed by atoms with Gasteiger partial charge in [-0.15, -0.1) is 0 Å². The van der Waals surface area contributed by atoms with Crippen LogP contribution in [0.25, 0.3) is 5.69 Å². The van der Waals surface area contributed by atoms with Crippen LogP contribution in [0, 0.1) is 11.7 Å². The highest BCUT2D eigenvalue weighted by Gasteiger charge is 2.33. The molecule has 1 aromatic heterocycles. The third kappa shape index (κ3) is 2.64. The normalized spacial score (nSPS) is 25.3. The Morgan fingerprint density at radius 2 is 2.27 bits per heavy atom. The third-order valence-electron chi connectivity index (χ3n) is 4.76. The SMILES string of the molecule is Fc1cc(CN2C[C@@H]3CCCN[C@@H]3C2)ccc1-n1cncn1. The van der Waals surface area contributed by atoms with E-state index in [2.05, 4.69) is 20.3 Å². The number of halogens is 1. The standard InChI is InChI=1S/C16H20FN5/c17-14-6-12(3-4-16(14)22-11-18-10-20-22)7-21-8-13-2-1-5-19-15(13)9-21/h3-4,6,10-11,13,15,19H,1-2,5,7-9H2/t13-,15+/m0/s1. The summed E-state index contributed by atoms with van der Waals surface area (Å²) in [6.07, 6.45) is 5.51. The molecule has 3 heterocycles. The Bertz CT molecular complexity index is 628. The minimum absolute atomic E-state index is 0.252. The van der Waals surface area contributed by atoms with Crippen LogP contribution in [-0.2, 0) is 6.54 Å². The zero-order valence-corrected chi connectivity index (χ0v) is 12.5. The molecule has 5 nitrogen and oxygen atoms in total. The molecule has 6 heteroatoms. The second-order valence-electron chi connectivity index (χ2n) is 6.28. The Labute approximate surface area is 129 Å². The Morgan fingerprint density at radius 1 is 1.32 bits per heavy atom. The number of fused-ring (bicyclic) bond motifs is 1. The summed E-state index contributed by atoms with van der Waals surface area (Å²) in [7, 11) is 0. The summed E-state index contributed by atoms with van der Waals surface area (Å²) in [5.74, 6) is 0.505. The first-order valence-corrected chi connectivity index (χ1v) is 7.89. The van der Waals surface area contributed by atoms with Crippen LogP contribution in [0.2, 0.25) is 0 Å². The first kappa shape index (κ1) is 13.8. The maximum atomic E-state index is 14.3. The number of hydrogen-bond acceptors (Lipinski definition) is 4. The molecule has 1 N–H and O–H groups in total. The molecule has 0 aliphatic carbocycles. The van der Waals surface area contributed by atoms with Crippen LogP contribution in [-0.4, -0.2) is 45.3 Å². The van der Waals surface area contributed by atoms with Crippen molar-refractivity contribution in [2.75, 3.05) is 19.6 Å². The van der Waals surface area contributed by atoms with Crippen LogP contribution in [0.4, 0.5) is 4.39 Å². The molecule has 116 valence electrons. The molecule has 2 aliphatic rings. The first-order chi connectivity index (χ1) is 10.8. The van der Waals surface area contributed by atoms with E-state index in [-0.39, 0.29) is 5.82 Å². The molecular formula is C16H20FN5. The van der Waals surface area contributed by atoms with Gasteiger partial charge in [-0.1, -0.05) is 6.07 Å². The Kier molecular flexibility index (Phi) is 3.63. The summed E-state index contributed by atoms with van der Waals surface area (Å²) < 4.78 is 15.7. The quantitative estimate of drug-likeness (QED) is 0.935. The maximum Gasteiger partial charge on any atom is 0.149 e. The van der Waals surface area contributed by atoms with E-state index in [0.717, 1.165) is 37.7 Å². The summed E-state index contributed by atoms with van der Waals surface area (Å²) in [4.78, 5) is 6.28. The number of rotatable bonds is 3. The van der Waals surface area contributed by atoms with Crippen molar-refractivity contribution < 1.29 is 4.39 Å². The summed E-state index contributed by atoms with van der Waals surface area (Å²) in [6.45, 7) is 4.13. The van der Waals surface area contributed by atoms with Crippen molar-refractivity contribution in [2.24, 2.45) is 5.92 Å². The van der Waals surface area contributed by atoms with Crippen molar-refractivity contribution in [3.8, 4) is 5.69 Å². The largest absolute Gasteiger partial charge is 0.312 e. The van der Waals surface area contributed by atoms with Crippen molar-refractivity contribution in [2.45, 2.75) is 25.4 Å². The summed E-state index contributed by atoms with van der Waals surface area (Å²) >= 11 is 0. The lowest BCUT2D eigenvalue weighted by atomic mass is 9.94. The van der Waals surface area contributed by atoms with E-state index in [1.807, 2.05) is 6.07 Å². The van der Waals surface area contributed by atoms with Crippen LogP contribution >= 0.6 is 0 Å². The maximum absolute atomic E-state index is 14.3. The molecule has 0 amide bonds. The molecule has 2 aromatic rings. The van der Waals surface area contributed by atoms with E-state index in [1.165, 1.54) is 30.2 Å². The second-order valence-corrected chi connectivity index (χ2v) is 6.28. The molecular weight excluding hydrogens is 281 g/mol. The fraction of sp³-hybridized carbons (Fsp3) is 0.500. The number of hydrogen-bond donors (Lipinski definition) is 1. The number of benzene rings is 1. The molecule has 22 heavy (non-hydrogen) atoms. The number of nitrogens with one attached hydrogen (secondary N) is 1. The fourth-order valence-electron chi connectivity index (χ4n) is 3.69. The first-order valence-electron chi connectivity index (χ1n) is 7.89. The van der Waals surface area contributed by atoms with Crippen molar-refractivity contribution in [1.29, 1.82) is 0 Å². The van der Waals surface area contributed by atoms with E-state index < -0.39 is 0 Å². The minimum Gasteiger partial charge on any atom is -0.312 e. The number of nitrogens with zero attached hydrogens (tertiary/aromatic N) is 4. The van der Waals surface area contributed by atoms with Crippen LogP contribution < -0.4 is 5.32 Å². The van der Waals surface area contributed by atoms with Gasteiger partial charge in [0.25, 0.3) is 0 Å². The summed E-state index contributed by atoms with van der Waals surface area (Å²) in [5.41, 5.74) is 1.46. The number of likely N-dealkylation sites (tertiary alicyclic amines) is 1. The van der Waals surface area contributed by atoms with Crippen molar-refractivity contribution in [1.82, 2.24) is 25.0 Å². The minimum atomic E-state index is -0.252. The molecule has 4 rings (SSSR count). The predicted octanol–water partition coefficient (Wildman–Crippen LogP) is 1.59.